The van der Waals surface area contributed by atoms with Gasteiger partial charge < -0.3 is 44.2 Å². The molecule has 1 fully saturated rings. The molecule has 0 amide bonds. The van der Waals surface area contributed by atoms with Gasteiger partial charge in [0, 0.05) is 18.2 Å². The number of aliphatic hydroxyl groups is 1. The zero-order valence-electron chi connectivity index (χ0n) is 19.7. The topological polar surface area (TPSA) is 281 Å². The van der Waals surface area contributed by atoms with Crippen LogP contribution in [0.15, 0.2) is 28.1 Å². The zero-order valence-corrected chi connectivity index (χ0v) is 30.4. The van der Waals surface area contributed by atoms with Gasteiger partial charge in [0.15, 0.2) is 0 Å². The minimum absolute atomic E-state index is 0. The van der Waals surface area contributed by atoms with Gasteiger partial charge in [0.2, 0.25) is 0 Å². The Balaban J connectivity index is -0.00000272. The van der Waals surface area contributed by atoms with E-state index in [0.29, 0.717) is 0 Å². The Morgan fingerprint density at radius 3 is 2.22 bits per heavy atom. The summed E-state index contributed by atoms with van der Waals surface area (Å²) in [5.41, 5.74) is 3.76. The van der Waals surface area contributed by atoms with Crippen LogP contribution in [0.1, 0.15) is 18.2 Å². The minimum atomic E-state index is -6.13. The molecule has 2 rings (SSSR count). The largest absolute Gasteiger partial charge is 1.00 e. The number of aromatic nitrogens is 2. The molecule has 1 aliphatic heterocycles. The number of phosphoric ester groups is 1. The van der Waals surface area contributed by atoms with Gasteiger partial charge in [-0.2, -0.15) is 0 Å². The summed E-state index contributed by atoms with van der Waals surface area (Å²) >= 11 is 0. The van der Waals surface area contributed by atoms with E-state index in [4.69, 9.17) is 10.5 Å². The standard InChI is InChI=1S/C12H20N3O14P3.4Na/c13-3-1-2-7-5-15(12(18)14-11(7)17)10-4-8(16)9(27-10)6-26-31(22,23)29-32(24,25)28-30(19,20)21;;;;/h1,3,5,8-10,16H,2,4,6,13H2,(H,22,23)(H,24,25)(H,14,17,18)(H2,19,20,21);;;;/q;4*+1/p-4/t8-,9+,10+;;;;/m0..../s1. The van der Waals surface area contributed by atoms with E-state index in [-0.39, 0.29) is 137 Å². The SMILES string of the molecule is NC=CCc1cn([C@H]2C[C@H](O)[C@@H](COP(=O)([O-])OP(=O)([O-])OP(=O)([O-])[O-])O2)c(=O)[nH]c1=O.[Na+].[Na+].[Na+].[Na+]. The van der Waals surface area contributed by atoms with Crippen LogP contribution in [0, 0.1) is 0 Å². The fraction of sp³-hybridized carbons (Fsp3) is 0.500. The van der Waals surface area contributed by atoms with Crippen LogP contribution in [0.4, 0.5) is 0 Å². The number of nitrogens with two attached hydrogens (primary N) is 1. The molecule has 17 nitrogen and oxygen atoms in total. The molecule has 24 heteroatoms. The minimum Gasteiger partial charge on any atom is -0.790 e. The van der Waals surface area contributed by atoms with E-state index in [1.54, 1.807) is 0 Å². The van der Waals surface area contributed by atoms with Crippen LogP contribution in [0.25, 0.3) is 0 Å². The molecule has 0 bridgehead atoms. The average Bonchev–Trinajstić information content (AvgIpc) is 2.97. The molecule has 1 aliphatic rings. The van der Waals surface area contributed by atoms with Gasteiger partial charge in [-0.05, 0) is 12.6 Å². The van der Waals surface area contributed by atoms with E-state index in [9.17, 15) is 48.0 Å². The molecule has 4 N–H and O–H groups in total. The van der Waals surface area contributed by atoms with Crippen molar-refractivity contribution in [2.24, 2.45) is 5.73 Å². The quantitative estimate of drug-likeness (QED) is 0.164. The van der Waals surface area contributed by atoms with Crippen LogP contribution in [0.2, 0.25) is 0 Å². The van der Waals surface area contributed by atoms with Gasteiger partial charge >= 0.3 is 124 Å². The first-order chi connectivity index (χ1) is 14.6. The van der Waals surface area contributed by atoms with Crippen molar-refractivity contribution in [1.29, 1.82) is 0 Å². The summed E-state index contributed by atoms with van der Waals surface area (Å²) < 4.78 is 49.9. The molecule has 0 spiro atoms. The number of H-pyrrole nitrogens is 1. The molecule has 36 heavy (non-hydrogen) atoms. The summed E-state index contributed by atoms with van der Waals surface area (Å²) in [7, 11) is -18.1. The Hall–Kier alpha value is 2.55. The Labute approximate surface area is 292 Å². The first-order valence-electron chi connectivity index (χ1n) is 8.38. The number of aliphatic hydroxyl groups excluding tert-OH is 1. The maximum absolute atomic E-state index is 12.1. The van der Waals surface area contributed by atoms with Gasteiger partial charge in [0.05, 0.1) is 20.5 Å². The van der Waals surface area contributed by atoms with E-state index in [1.807, 2.05) is 4.98 Å². The van der Waals surface area contributed by atoms with Gasteiger partial charge in [0.1, 0.15) is 12.3 Å². The number of hydrogen-bond donors (Lipinski definition) is 3. The van der Waals surface area contributed by atoms with Crippen LogP contribution < -0.4 is 155 Å². The summed E-state index contributed by atoms with van der Waals surface area (Å²) in [4.78, 5) is 69.2. The van der Waals surface area contributed by atoms with Gasteiger partial charge in [0.25, 0.3) is 21.2 Å². The zero-order chi connectivity index (χ0) is 24.3. The van der Waals surface area contributed by atoms with E-state index in [1.165, 1.54) is 12.3 Å². The van der Waals surface area contributed by atoms with Crippen molar-refractivity contribution in [3.05, 3.63) is 44.9 Å². The molecule has 1 aromatic heterocycles. The number of allylic oxidation sites excluding steroid dienone is 1. The number of nitrogens with one attached hydrogen (secondary N) is 1. The van der Waals surface area contributed by atoms with Gasteiger partial charge in [-0.1, -0.05) is 6.08 Å². The molecule has 5 atom stereocenters. The van der Waals surface area contributed by atoms with Crippen molar-refractivity contribution in [2.45, 2.75) is 31.3 Å². The number of hydrogen-bond acceptors (Lipinski definition) is 15. The molecule has 0 aliphatic carbocycles. The van der Waals surface area contributed by atoms with Gasteiger partial charge in [-0.3, -0.25) is 27.8 Å². The van der Waals surface area contributed by atoms with Crippen molar-refractivity contribution < 1.29 is 174 Å². The molecule has 0 aromatic carbocycles. The maximum atomic E-state index is 12.1. The third-order valence-electron chi connectivity index (χ3n) is 3.83. The first-order valence-corrected chi connectivity index (χ1v) is 12.8. The Kier molecular flexibility index (Phi) is 21.7. The van der Waals surface area contributed by atoms with E-state index in [2.05, 4.69) is 13.1 Å². The summed E-state index contributed by atoms with van der Waals surface area (Å²) in [5, 5.41) is 10.0. The van der Waals surface area contributed by atoms with Crippen LogP contribution in [0.3, 0.4) is 0 Å². The average molecular weight is 611 g/mol. The van der Waals surface area contributed by atoms with Crippen molar-refractivity contribution >= 4 is 23.5 Å². The van der Waals surface area contributed by atoms with E-state index >= 15 is 0 Å². The van der Waals surface area contributed by atoms with E-state index in [0.717, 1.165) is 10.8 Å². The predicted molar refractivity (Wildman–Crippen MR) is 93.8 cm³/mol. The third-order valence-corrected chi connectivity index (χ3v) is 7.49. The summed E-state index contributed by atoms with van der Waals surface area (Å²) in [6.07, 6.45) is -0.423. The summed E-state index contributed by atoms with van der Waals surface area (Å²) in [6, 6.07) is 0. The number of rotatable bonds is 10. The molecular formula is C12H16N3Na4O14P3. The molecule has 0 radical (unpaired) electrons. The van der Waals surface area contributed by atoms with Crippen LogP contribution in [-0.4, -0.2) is 33.5 Å². The second kappa shape index (κ2) is 18.2. The molecule has 1 saturated heterocycles. The second-order valence-corrected chi connectivity index (χ2v) is 10.4. The van der Waals surface area contributed by atoms with Crippen LogP contribution in [-0.2, 0) is 38.0 Å². The third kappa shape index (κ3) is 14.4. The Morgan fingerprint density at radius 1 is 1.11 bits per heavy atom. The van der Waals surface area contributed by atoms with Crippen LogP contribution >= 0.6 is 23.5 Å². The number of aromatic amines is 1. The van der Waals surface area contributed by atoms with Crippen molar-refractivity contribution in [3.8, 4) is 0 Å². The van der Waals surface area contributed by atoms with Gasteiger partial charge in [-0.25, -0.2) is 9.11 Å². The molecule has 2 heterocycles. The molecule has 0 saturated carbocycles. The molecule has 182 valence electrons. The van der Waals surface area contributed by atoms with Crippen molar-refractivity contribution in [2.75, 3.05) is 6.61 Å². The van der Waals surface area contributed by atoms with Crippen molar-refractivity contribution in [1.82, 2.24) is 9.55 Å². The molecular weight excluding hydrogens is 595 g/mol. The maximum Gasteiger partial charge on any atom is 1.00 e. The fourth-order valence-corrected chi connectivity index (χ4v) is 5.43. The smallest absolute Gasteiger partial charge is 0.790 e. The van der Waals surface area contributed by atoms with E-state index < -0.39 is 59.8 Å². The van der Waals surface area contributed by atoms with Gasteiger partial charge in [-0.15, -0.1) is 0 Å². The number of nitrogens with zero attached hydrogens (tertiary/aromatic N) is 1. The monoisotopic (exact) mass is 611 g/mol. The summed E-state index contributed by atoms with van der Waals surface area (Å²) in [6.45, 7) is -1.02. The summed E-state index contributed by atoms with van der Waals surface area (Å²) in [5.74, 6) is 0. The van der Waals surface area contributed by atoms with Crippen molar-refractivity contribution in [3.63, 3.8) is 0 Å². The first kappa shape index (κ1) is 43.0. The van der Waals surface area contributed by atoms with Crippen LogP contribution in [0.5, 0.6) is 0 Å². The second-order valence-electron chi connectivity index (χ2n) is 6.19. The normalized spacial score (nSPS) is 22.8. The fourth-order valence-electron chi connectivity index (χ4n) is 2.57. The Morgan fingerprint density at radius 2 is 1.69 bits per heavy atom. The number of ether oxygens (including phenoxy) is 1. The molecule has 1 aromatic rings. The molecule has 2 unspecified atom stereocenters. The Bertz CT molecular complexity index is 1130. The number of phosphoric acid groups is 3. The predicted octanol–water partition coefficient (Wildman–Crippen LogP) is -16.0.